The van der Waals surface area contributed by atoms with Crippen molar-refractivity contribution >= 4 is 28.3 Å². The topological polar surface area (TPSA) is 103 Å². The number of ether oxygens (including phenoxy) is 1. The minimum Gasteiger partial charge on any atom is -0.486 e. The number of aliphatic carboxylic acids is 1. The highest BCUT2D eigenvalue weighted by atomic mass is 16.5. The van der Waals surface area contributed by atoms with Gasteiger partial charge in [0.1, 0.15) is 12.4 Å². The molecule has 0 spiro atoms. The normalized spacial score (nSPS) is 11.5. The molecule has 6 heteroatoms. The Balaban J connectivity index is 1.84. The fraction of sp³-hybridized carbons (Fsp3) is 0.320. The van der Waals surface area contributed by atoms with Crippen molar-refractivity contribution in [3.05, 3.63) is 65.4 Å². The first-order chi connectivity index (χ1) is 14.8. The van der Waals surface area contributed by atoms with Gasteiger partial charge < -0.3 is 15.6 Å². The number of Topliss-reactive ketones (excluding diaryl/α,β-unsaturated/α-hetero) is 1. The average Bonchev–Trinajstić information content (AvgIpc) is 2.75. The molecule has 0 saturated heterocycles. The van der Waals surface area contributed by atoms with Gasteiger partial charge in [0.25, 0.3) is 0 Å². The van der Waals surface area contributed by atoms with Crippen LogP contribution in [0.15, 0.2) is 48.5 Å². The van der Waals surface area contributed by atoms with Crippen LogP contribution in [0.2, 0.25) is 0 Å². The van der Waals surface area contributed by atoms with Crippen LogP contribution >= 0.6 is 0 Å². The van der Waals surface area contributed by atoms with E-state index in [2.05, 4.69) is 11.1 Å². The number of carbonyl (C=O) groups is 2. The standard InChI is InChI=1S/C25H28N2O4/c1-4-25(5-2,24(29)30)14-22(28)20-10-8-18(26)13-23(20)31-15-19-9-7-17-12-16(3)6-11-21(17)27-19/h6-13H,4-5,14-15,26H2,1-3H3,(H,29,30). The molecule has 0 aliphatic heterocycles. The minimum atomic E-state index is -1.09. The van der Waals surface area contributed by atoms with Gasteiger partial charge in [-0.3, -0.25) is 9.59 Å². The Morgan fingerprint density at radius 1 is 1.06 bits per heavy atom. The zero-order chi connectivity index (χ0) is 22.6. The van der Waals surface area contributed by atoms with Gasteiger partial charge in [-0.25, -0.2) is 4.98 Å². The smallest absolute Gasteiger partial charge is 0.310 e. The van der Waals surface area contributed by atoms with Gasteiger partial charge in [-0.05, 0) is 50.1 Å². The van der Waals surface area contributed by atoms with E-state index in [9.17, 15) is 14.7 Å². The summed E-state index contributed by atoms with van der Waals surface area (Å²) >= 11 is 0. The van der Waals surface area contributed by atoms with E-state index in [-0.39, 0.29) is 18.8 Å². The monoisotopic (exact) mass is 420 g/mol. The van der Waals surface area contributed by atoms with Crippen LogP contribution in [0.3, 0.4) is 0 Å². The first-order valence-corrected chi connectivity index (χ1v) is 10.4. The maximum atomic E-state index is 13.0. The predicted octanol–water partition coefficient (Wildman–Crippen LogP) is 5.17. The largest absolute Gasteiger partial charge is 0.486 e. The number of nitrogens with two attached hydrogens (primary N) is 1. The number of aryl methyl sites for hydroxylation is 1. The molecule has 6 nitrogen and oxygen atoms in total. The van der Waals surface area contributed by atoms with Crippen molar-refractivity contribution in [2.45, 2.75) is 46.6 Å². The van der Waals surface area contributed by atoms with Crippen molar-refractivity contribution in [1.82, 2.24) is 4.98 Å². The maximum Gasteiger partial charge on any atom is 0.310 e. The molecule has 0 unspecified atom stereocenters. The molecule has 2 aromatic carbocycles. The molecule has 3 aromatic rings. The van der Waals surface area contributed by atoms with Crippen LogP contribution < -0.4 is 10.5 Å². The lowest BCUT2D eigenvalue weighted by atomic mass is 9.77. The number of aromatic nitrogens is 1. The number of hydrogen-bond donors (Lipinski definition) is 2. The molecule has 3 N–H and O–H groups in total. The Morgan fingerprint density at radius 3 is 2.48 bits per heavy atom. The molecule has 0 aliphatic carbocycles. The molecule has 3 rings (SSSR count). The van der Waals surface area contributed by atoms with Crippen molar-refractivity contribution < 1.29 is 19.4 Å². The molecule has 0 bridgehead atoms. The Morgan fingerprint density at radius 2 is 1.81 bits per heavy atom. The number of fused-ring (bicyclic) bond motifs is 1. The van der Waals surface area contributed by atoms with E-state index in [1.807, 2.05) is 31.2 Å². The summed E-state index contributed by atoms with van der Waals surface area (Å²) in [5.74, 6) is -0.898. The number of carbonyl (C=O) groups excluding carboxylic acids is 1. The van der Waals surface area contributed by atoms with Crippen LogP contribution in [-0.2, 0) is 11.4 Å². The van der Waals surface area contributed by atoms with Crippen LogP contribution in [0.25, 0.3) is 10.9 Å². The molecule has 0 atom stereocenters. The molecule has 0 aliphatic rings. The van der Waals surface area contributed by atoms with Gasteiger partial charge in [0.05, 0.1) is 22.2 Å². The van der Waals surface area contributed by atoms with E-state index >= 15 is 0 Å². The number of carboxylic acid groups (broad SMARTS) is 1. The van der Waals surface area contributed by atoms with Gasteiger partial charge in [-0.1, -0.05) is 31.5 Å². The number of pyridine rings is 1. The quantitative estimate of drug-likeness (QED) is 0.366. The molecule has 31 heavy (non-hydrogen) atoms. The van der Waals surface area contributed by atoms with Crippen molar-refractivity contribution in [2.75, 3.05) is 5.73 Å². The summed E-state index contributed by atoms with van der Waals surface area (Å²) in [6, 6.07) is 14.7. The molecule has 1 aromatic heterocycles. The van der Waals surface area contributed by atoms with E-state index in [4.69, 9.17) is 10.5 Å². The average molecular weight is 421 g/mol. The van der Waals surface area contributed by atoms with Gasteiger partial charge in [0, 0.05) is 23.6 Å². The number of nitrogen functional groups attached to an aromatic ring is 1. The third kappa shape index (κ3) is 4.85. The Hall–Kier alpha value is -3.41. The lowest BCUT2D eigenvalue weighted by Crippen LogP contribution is -2.32. The summed E-state index contributed by atoms with van der Waals surface area (Å²) in [5, 5.41) is 10.7. The first kappa shape index (κ1) is 22.3. The zero-order valence-corrected chi connectivity index (χ0v) is 18.1. The van der Waals surface area contributed by atoms with Crippen LogP contribution in [0, 0.1) is 12.3 Å². The number of nitrogens with zero attached hydrogens (tertiary/aromatic N) is 1. The molecule has 0 fully saturated rings. The Labute approximate surface area is 182 Å². The lowest BCUT2D eigenvalue weighted by Gasteiger charge is -2.26. The van der Waals surface area contributed by atoms with Gasteiger partial charge in [-0.15, -0.1) is 0 Å². The molecule has 1 heterocycles. The summed E-state index contributed by atoms with van der Waals surface area (Å²) in [6.07, 6.45) is 0.648. The molecular weight excluding hydrogens is 392 g/mol. The number of anilines is 1. The summed E-state index contributed by atoms with van der Waals surface area (Å²) in [7, 11) is 0. The fourth-order valence-electron chi connectivity index (χ4n) is 3.69. The van der Waals surface area contributed by atoms with Crippen molar-refractivity contribution in [3.63, 3.8) is 0 Å². The predicted molar refractivity (Wildman–Crippen MR) is 121 cm³/mol. The van der Waals surface area contributed by atoms with Gasteiger partial charge in [-0.2, -0.15) is 0 Å². The third-order valence-electron chi connectivity index (χ3n) is 5.89. The highest BCUT2D eigenvalue weighted by Gasteiger charge is 2.37. The van der Waals surface area contributed by atoms with Crippen LogP contribution in [0.5, 0.6) is 5.75 Å². The van der Waals surface area contributed by atoms with Gasteiger partial charge in [0.15, 0.2) is 5.78 Å². The molecule has 0 radical (unpaired) electrons. The fourth-order valence-corrected chi connectivity index (χ4v) is 3.69. The highest BCUT2D eigenvalue weighted by Crippen LogP contribution is 2.34. The number of ketones is 1. The second kappa shape index (κ2) is 9.16. The number of carboxylic acids is 1. The molecular formula is C25H28N2O4. The molecule has 0 saturated carbocycles. The summed E-state index contributed by atoms with van der Waals surface area (Å²) in [5.41, 5.74) is 8.37. The summed E-state index contributed by atoms with van der Waals surface area (Å²) in [6.45, 7) is 5.78. The zero-order valence-electron chi connectivity index (χ0n) is 18.1. The summed E-state index contributed by atoms with van der Waals surface area (Å²) < 4.78 is 5.93. The number of hydrogen-bond acceptors (Lipinski definition) is 5. The second-order valence-electron chi connectivity index (χ2n) is 7.94. The number of benzene rings is 2. The third-order valence-corrected chi connectivity index (χ3v) is 5.89. The van der Waals surface area contributed by atoms with Crippen molar-refractivity contribution in [1.29, 1.82) is 0 Å². The van der Waals surface area contributed by atoms with Gasteiger partial charge >= 0.3 is 5.97 Å². The Kier molecular flexibility index (Phi) is 6.59. The minimum absolute atomic E-state index is 0.0941. The van der Waals surface area contributed by atoms with Crippen LogP contribution in [0.1, 0.15) is 54.7 Å². The van der Waals surface area contributed by atoms with E-state index in [0.29, 0.717) is 29.8 Å². The van der Waals surface area contributed by atoms with E-state index in [1.165, 1.54) is 0 Å². The number of rotatable bonds is 9. The maximum absolute atomic E-state index is 13.0. The lowest BCUT2D eigenvalue weighted by molar-refractivity contribution is -0.149. The summed E-state index contributed by atoms with van der Waals surface area (Å²) in [4.78, 5) is 29.5. The highest BCUT2D eigenvalue weighted by molar-refractivity contribution is 6.01. The second-order valence-corrected chi connectivity index (χ2v) is 7.94. The molecule has 162 valence electrons. The van der Waals surface area contributed by atoms with Gasteiger partial charge in [0.2, 0.25) is 0 Å². The molecule has 0 amide bonds. The van der Waals surface area contributed by atoms with Crippen molar-refractivity contribution in [2.24, 2.45) is 5.41 Å². The first-order valence-electron chi connectivity index (χ1n) is 10.4. The van der Waals surface area contributed by atoms with Crippen LogP contribution in [0.4, 0.5) is 5.69 Å². The SMILES string of the molecule is CCC(CC)(CC(=O)c1ccc(N)cc1OCc1ccc2cc(C)ccc2n1)C(=O)O. The Bertz CT molecular complexity index is 1120. The van der Waals surface area contributed by atoms with Crippen LogP contribution in [-0.4, -0.2) is 21.8 Å². The van der Waals surface area contributed by atoms with E-state index in [1.54, 1.807) is 32.0 Å². The van der Waals surface area contributed by atoms with E-state index in [0.717, 1.165) is 22.2 Å². The van der Waals surface area contributed by atoms with Crippen molar-refractivity contribution in [3.8, 4) is 5.75 Å². The van der Waals surface area contributed by atoms with E-state index < -0.39 is 11.4 Å².